The largest absolute Gasteiger partial charge is 0.444 e. The number of amides is 1. The highest BCUT2D eigenvalue weighted by Gasteiger charge is 2.29. The van der Waals surface area contributed by atoms with Crippen LogP contribution in [0.3, 0.4) is 0 Å². The standard InChI is InChI=1S/C18H27NO2S/c1-13-9-11-14(12-10-13)22-16-8-6-5-7-15(16)19-17(20)21-18(2,3)4/h9-12,15-16H,5-8H2,1-4H3,(H,19,20). The summed E-state index contributed by atoms with van der Waals surface area (Å²) in [5.41, 5.74) is 0.828. The minimum atomic E-state index is -0.446. The number of carbonyl (C=O) groups is 1. The highest BCUT2D eigenvalue weighted by molar-refractivity contribution is 8.00. The minimum Gasteiger partial charge on any atom is -0.444 e. The van der Waals surface area contributed by atoms with Crippen LogP contribution in [0.4, 0.5) is 4.79 Å². The smallest absolute Gasteiger partial charge is 0.407 e. The van der Waals surface area contributed by atoms with Crippen molar-refractivity contribution in [2.24, 2.45) is 0 Å². The summed E-state index contributed by atoms with van der Waals surface area (Å²) in [4.78, 5) is 13.3. The van der Waals surface area contributed by atoms with Crippen molar-refractivity contribution in [3.05, 3.63) is 29.8 Å². The molecule has 0 bridgehead atoms. The van der Waals surface area contributed by atoms with Gasteiger partial charge < -0.3 is 10.1 Å². The van der Waals surface area contributed by atoms with E-state index in [4.69, 9.17) is 4.74 Å². The SMILES string of the molecule is Cc1ccc(SC2CCCCC2NC(=O)OC(C)(C)C)cc1. The Morgan fingerprint density at radius 2 is 1.82 bits per heavy atom. The van der Waals surface area contributed by atoms with Crippen molar-refractivity contribution < 1.29 is 9.53 Å². The molecule has 0 radical (unpaired) electrons. The summed E-state index contributed by atoms with van der Waals surface area (Å²) in [5.74, 6) is 0. The van der Waals surface area contributed by atoms with Gasteiger partial charge in [0, 0.05) is 16.2 Å². The molecule has 0 spiro atoms. The van der Waals surface area contributed by atoms with Gasteiger partial charge in [-0.25, -0.2) is 4.79 Å². The van der Waals surface area contributed by atoms with Crippen molar-refractivity contribution in [3.63, 3.8) is 0 Å². The second-order valence-corrected chi connectivity index (χ2v) is 8.32. The van der Waals surface area contributed by atoms with Gasteiger partial charge in [0.15, 0.2) is 0 Å². The molecule has 122 valence electrons. The maximum atomic E-state index is 12.0. The summed E-state index contributed by atoms with van der Waals surface area (Å²) >= 11 is 1.87. The van der Waals surface area contributed by atoms with E-state index in [9.17, 15) is 4.79 Å². The number of rotatable bonds is 3. The maximum absolute atomic E-state index is 12.0. The Morgan fingerprint density at radius 1 is 1.18 bits per heavy atom. The first-order chi connectivity index (χ1) is 10.3. The summed E-state index contributed by atoms with van der Waals surface area (Å²) in [5, 5.41) is 3.50. The molecule has 1 aromatic carbocycles. The second-order valence-electron chi connectivity index (χ2n) is 7.01. The molecule has 3 nitrogen and oxygen atoms in total. The summed E-state index contributed by atoms with van der Waals surface area (Å²) in [6.45, 7) is 7.78. The molecule has 2 unspecified atom stereocenters. The van der Waals surface area contributed by atoms with Gasteiger partial charge in [-0.1, -0.05) is 30.5 Å². The Kier molecular flexibility index (Phi) is 5.79. The van der Waals surface area contributed by atoms with E-state index >= 15 is 0 Å². The van der Waals surface area contributed by atoms with E-state index < -0.39 is 5.60 Å². The third-order valence-corrected chi connectivity index (χ3v) is 5.12. The van der Waals surface area contributed by atoms with E-state index in [1.54, 1.807) is 0 Å². The lowest BCUT2D eigenvalue weighted by Gasteiger charge is -2.32. The highest BCUT2D eigenvalue weighted by atomic mass is 32.2. The van der Waals surface area contributed by atoms with Crippen LogP contribution in [0.2, 0.25) is 0 Å². The molecule has 22 heavy (non-hydrogen) atoms. The van der Waals surface area contributed by atoms with Gasteiger partial charge in [-0.05, 0) is 52.7 Å². The van der Waals surface area contributed by atoms with E-state index in [0.717, 1.165) is 12.8 Å². The molecule has 1 aliphatic rings. The van der Waals surface area contributed by atoms with Crippen LogP contribution < -0.4 is 5.32 Å². The number of alkyl carbamates (subject to hydrolysis) is 1. The zero-order valence-electron chi connectivity index (χ0n) is 14.0. The number of hydrogen-bond donors (Lipinski definition) is 1. The van der Waals surface area contributed by atoms with Gasteiger partial charge >= 0.3 is 6.09 Å². The molecule has 2 rings (SSSR count). The fourth-order valence-corrected chi connectivity index (χ4v) is 3.95. The molecule has 2 atom stereocenters. The van der Waals surface area contributed by atoms with Crippen molar-refractivity contribution >= 4 is 17.9 Å². The molecule has 1 aromatic rings. The summed E-state index contributed by atoms with van der Waals surface area (Å²) in [7, 11) is 0. The quantitative estimate of drug-likeness (QED) is 0.858. The molecule has 0 saturated heterocycles. The number of ether oxygens (including phenoxy) is 1. The predicted octanol–water partition coefficient (Wildman–Crippen LogP) is 4.92. The Balaban J connectivity index is 1.96. The Hall–Kier alpha value is -1.16. The number of hydrogen-bond acceptors (Lipinski definition) is 3. The molecule has 0 heterocycles. The molecule has 0 aliphatic heterocycles. The van der Waals surface area contributed by atoms with E-state index in [2.05, 4.69) is 36.5 Å². The monoisotopic (exact) mass is 321 g/mol. The zero-order chi connectivity index (χ0) is 16.2. The van der Waals surface area contributed by atoms with Crippen LogP contribution in [0, 0.1) is 6.92 Å². The first kappa shape index (κ1) is 17.2. The van der Waals surface area contributed by atoms with Gasteiger partial charge in [0.2, 0.25) is 0 Å². The number of aryl methyl sites for hydroxylation is 1. The fourth-order valence-electron chi connectivity index (χ4n) is 2.65. The van der Waals surface area contributed by atoms with Gasteiger partial charge in [0.25, 0.3) is 0 Å². The molecular formula is C18H27NO2S. The van der Waals surface area contributed by atoms with E-state index in [0.29, 0.717) is 5.25 Å². The maximum Gasteiger partial charge on any atom is 0.407 e. The lowest BCUT2D eigenvalue weighted by molar-refractivity contribution is 0.0495. The van der Waals surface area contributed by atoms with Gasteiger partial charge in [-0.2, -0.15) is 0 Å². The first-order valence-corrected chi connectivity index (χ1v) is 8.94. The summed E-state index contributed by atoms with van der Waals surface area (Å²) < 4.78 is 5.40. The van der Waals surface area contributed by atoms with Crippen molar-refractivity contribution in [1.82, 2.24) is 5.32 Å². The van der Waals surface area contributed by atoms with E-state index in [-0.39, 0.29) is 12.1 Å². The van der Waals surface area contributed by atoms with Crippen molar-refractivity contribution in [2.45, 2.75) is 75.2 Å². The summed E-state index contributed by atoms with van der Waals surface area (Å²) in [6.07, 6.45) is 4.28. The average Bonchev–Trinajstić information content (AvgIpc) is 2.41. The third kappa shape index (κ3) is 5.56. The molecule has 1 saturated carbocycles. The highest BCUT2D eigenvalue weighted by Crippen LogP contribution is 2.34. The number of nitrogens with one attached hydrogen (secondary N) is 1. The average molecular weight is 321 g/mol. The lowest BCUT2D eigenvalue weighted by Crippen LogP contribution is -2.45. The van der Waals surface area contributed by atoms with E-state index in [1.807, 2.05) is 32.5 Å². The molecule has 1 fully saturated rings. The molecule has 1 N–H and O–H groups in total. The van der Waals surface area contributed by atoms with Crippen LogP contribution >= 0.6 is 11.8 Å². The Morgan fingerprint density at radius 3 is 2.45 bits per heavy atom. The molecule has 1 aliphatic carbocycles. The van der Waals surface area contributed by atoms with Crippen molar-refractivity contribution in [2.75, 3.05) is 0 Å². The van der Waals surface area contributed by atoms with Crippen LogP contribution in [0.1, 0.15) is 52.0 Å². The van der Waals surface area contributed by atoms with Gasteiger partial charge in [0.05, 0.1) is 0 Å². The molecule has 4 heteroatoms. The second kappa shape index (κ2) is 7.40. The Bertz CT molecular complexity index is 493. The van der Waals surface area contributed by atoms with Crippen LogP contribution in [0.5, 0.6) is 0 Å². The number of carbonyl (C=O) groups excluding carboxylic acids is 1. The normalized spacial score (nSPS) is 22.2. The topological polar surface area (TPSA) is 38.3 Å². The van der Waals surface area contributed by atoms with Crippen LogP contribution in [-0.4, -0.2) is 23.0 Å². The van der Waals surface area contributed by atoms with Crippen LogP contribution in [-0.2, 0) is 4.74 Å². The van der Waals surface area contributed by atoms with Gasteiger partial charge in [-0.3, -0.25) is 0 Å². The molecular weight excluding hydrogens is 294 g/mol. The zero-order valence-corrected chi connectivity index (χ0v) is 14.8. The van der Waals surface area contributed by atoms with Crippen LogP contribution in [0.25, 0.3) is 0 Å². The Labute approximate surface area is 138 Å². The predicted molar refractivity (Wildman–Crippen MR) is 92.4 cm³/mol. The summed E-state index contributed by atoms with van der Waals surface area (Å²) in [6, 6.07) is 8.80. The number of benzene rings is 1. The first-order valence-electron chi connectivity index (χ1n) is 8.06. The minimum absolute atomic E-state index is 0.190. The van der Waals surface area contributed by atoms with Crippen molar-refractivity contribution in [1.29, 1.82) is 0 Å². The van der Waals surface area contributed by atoms with E-state index in [1.165, 1.54) is 23.3 Å². The molecule has 1 amide bonds. The fraction of sp³-hybridized carbons (Fsp3) is 0.611. The molecule has 0 aromatic heterocycles. The lowest BCUT2D eigenvalue weighted by atomic mass is 9.95. The van der Waals surface area contributed by atoms with Gasteiger partial charge in [0.1, 0.15) is 5.60 Å². The third-order valence-electron chi connectivity index (χ3n) is 3.71. The van der Waals surface area contributed by atoms with Gasteiger partial charge in [-0.15, -0.1) is 11.8 Å². The van der Waals surface area contributed by atoms with Crippen molar-refractivity contribution in [3.8, 4) is 0 Å². The van der Waals surface area contributed by atoms with Crippen LogP contribution in [0.15, 0.2) is 29.2 Å². The number of thioether (sulfide) groups is 1.